The van der Waals surface area contributed by atoms with Crippen LogP contribution in [0.5, 0.6) is 0 Å². The molecule has 0 saturated carbocycles. The lowest BCUT2D eigenvalue weighted by molar-refractivity contribution is 0.270. The van der Waals surface area contributed by atoms with Gasteiger partial charge in [-0.15, -0.1) is 0 Å². The van der Waals surface area contributed by atoms with Crippen molar-refractivity contribution < 1.29 is 0 Å². The van der Waals surface area contributed by atoms with E-state index in [1.807, 2.05) is 0 Å². The number of fused-ring (bicyclic) bond motifs is 1. The van der Waals surface area contributed by atoms with Crippen molar-refractivity contribution in [3.05, 3.63) is 29.8 Å². The molecular formula is C12H18N2. The summed E-state index contributed by atoms with van der Waals surface area (Å²) in [4.78, 5) is 2.30. The number of nitrogens with zero attached hydrogens (tertiary/aromatic N) is 1. The van der Waals surface area contributed by atoms with Gasteiger partial charge >= 0.3 is 0 Å². The molecule has 0 bridgehead atoms. The van der Waals surface area contributed by atoms with Crippen LogP contribution >= 0.6 is 0 Å². The minimum absolute atomic E-state index is 0.558. The van der Waals surface area contributed by atoms with Gasteiger partial charge in [0, 0.05) is 17.8 Å². The predicted octanol–water partition coefficient (Wildman–Crippen LogP) is 2.49. The highest BCUT2D eigenvalue weighted by Gasteiger charge is 2.24. The third kappa shape index (κ3) is 1.62. The molecule has 76 valence electrons. The molecule has 0 amide bonds. The van der Waals surface area contributed by atoms with E-state index >= 15 is 0 Å². The van der Waals surface area contributed by atoms with Gasteiger partial charge in [-0.2, -0.15) is 0 Å². The summed E-state index contributed by atoms with van der Waals surface area (Å²) in [5.74, 6) is 0. The zero-order valence-electron chi connectivity index (χ0n) is 9.12. The fourth-order valence-corrected chi connectivity index (χ4v) is 2.19. The molecule has 14 heavy (non-hydrogen) atoms. The fourth-order valence-electron chi connectivity index (χ4n) is 2.19. The Balaban J connectivity index is 2.38. The maximum atomic E-state index is 3.52. The van der Waals surface area contributed by atoms with E-state index < -0.39 is 0 Å². The zero-order chi connectivity index (χ0) is 10.1. The average Bonchev–Trinajstić information content (AvgIpc) is 2.16. The molecule has 1 aromatic carbocycles. The van der Waals surface area contributed by atoms with E-state index in [2.05, 4.69) is 55.5 Å². The minimum Gasteiger partial charge on any atom is -0.382 e. The number of para-hydroxylation sites is 1. The van der Waals surface area contributed by atoms with Gasteiger partial charge in [0.25, 0.3) is 0 Å². The Morgan fingerprint density at radius 1 is 1.29 bits per heavy atom. The number of anilines is 1. The Morgan fingerprint density at radius 2 is 2.00 bits per heavy atom. The van der Waals surface area contributed by atoms with Crippen LogP contribution in [0.15, 0.2) is 24.3 Å². The molecule has 2 rings (SSSR count). The number of hydrogen-bond donors (Lipinski definition) is 1. The van der Waals surface area contributed by atoms with Crippen molar-refractivity contribution >= 4 is 5.69 Å². The summed E-state index contributed by atoms with van der Waals surface area (Å²) in [7, 11) is 4.30. The summed E-state index contributed by atoms with van der Waals surface area (Å²) in [6.07, 6.45) is 1.18. The number of rotatable bonds is 1. The van der Waals surface area contributed by atoms with Crippen LogP contribution in [0.1, 0.15) is 24.9 Å². The van der Waals surface area contributed by atoms with E-state index in [0.29, 0.717) is 12.1 Å². The molecule has 1 aliphatic heterocycles. The number of hydrogen-bond acceptors (Lipinski definition) is 2. The van der Waals surface area contributed by atoms with Gasteiger partial charge < -0.3 is 10.2 Å². The van der Waals surface area contributed by atoms with Crippen molar-refractivity contribution in [2.24, 2.45) is 0 Å². The summed E-state index contributed by atoms with van der Waals surface area (Å²) in [6.45, 7) is 2.24. The third-order valence-electron chi connectivity index (χ3n) is 2.92. The molecule has 0 spiro atoms. The maximum Gasteiger partial charge on any atom is 0.0390 e. The van der Waals surface area contributed by atoms with Crippen molar-refractivity contribution in [2.45, 2.75) is 25.4 Å². The van der Waals surface area contributed by atoms with Crippen LogP contribution in [-0.4, -0.2) is 25.0 Å². The number of benzene rings is 1. The van der Waals surface area contributed by atoms with Crippen molar-refractivity contribution in [1.29, 1.82) is 0 Å². The van der Waals surface area contributed by atoms with Crippen LogP contribution in [0.2, 0.25) is 0 Å². The predicted molar refractivity (Wildman–Crippen MR) is 60.6 cm³/mol. The number of nitrogens with one attached hydrogen (secondary N) is 1. The standard InChI is InChI=1S/C12H18N2/c1-9-8-12(14(2)3)10-6-4-5-7-11(10)13-9/h4-7,9,12-13H,8H2,1-3H3. The monoisotopic (exact) mass is 190 g/mol. The van der Waals surface area contributed by atoms with E-state index in [1.165, 1.54) is 17.7 Å². The van der Waals surface area contributed by atoms with Gasteiger partial charge in [0.15, 0.2) is 0 Å². The van der Waals surface area contributed by atoms with Crippen LogP contribution < -0.4 is 5.32 Å². The summed E-state index contributed by atoms with van der Waals surface area (Å²) in [5, 5.41) is 3.52. The van der Waals surface area contributed by atoms with Crippen molar-refractivity contribution in [3.63, 3.8) is 0 Å². The molecule has 0 radical (unpaired) electrons. The molecule has 2 unspecified atom stereocenters. The average molecular weight is 190 g/mol. The lowest BCUT2D eigenvalue weighted by Gasteiger charge is -2.35. The molecule has 1 aromatic rings. The van der Waals surface area contributed by atoms with E-state index in [9.17, 15) is 0 Å². The first-order valence-corrected chi connectivity index (χ1v) is 5.20. The Hall–Kier alpha value is -1.02. The lowest BCUT2D eigenvalue weighted by Crippen LogP contribution is -2.32. The molecule has 2 atom stereocenters. The van der Waals surface area contributed by atoms with Crippen LogP contribution in [0, 0.1) is 0 Å². The lowest BCUT2D eigenvalue weighted by atomic mass is 9.93. The molecule has 0 saturated heterocycles. The van der Waals surface area contributed by atoms with Crippen molar-refractivity contribution in [1.82, 2.24) is 4.90 Å². The molecular weight excluding hydrogens is 172 g/mol. The van der Waals surface area contributed by atoms with Crippen LogP contribution in [0.4, 0.5) is 5.69 Å². The summed E-state index contributed by atoms with van der Waals surface area (Å²) in [6, 6.07) is 9.73. The molecule has 0 aromatic heterocycles. The second kappa shape index (κ2) is 3.62. The first-order valence-electron chi connectivity index (χ1n) is 5.20. The topological polar surface area (TPSA) is 15.3 Å². The van der Waals surface area contributed by atoms with Gasteiger partial charge in [0.1, 0.15) is 0 Å². The van der Waals surface area contributed by atoms with Crippen LogP contribution in [-0.2, 0) is 0 Å². The Kier molecular flexibility index (Phi) is 2.46. The van der Waals surface area contributed by atoms with Gasteiger partial charge in [-0.25, -0.2) is 0 Å². The van der Waals surface area contributed by atoms with E-state index in [0.717, 1.165) is 0 Å². The van der Waals surface area contributed by atoms with Crippen LogP contribution in [0.25, 0.3) is 0 Å². The highest BCUT2D eigenvalue weighted by atomic mass is 15.1. The second-order valence-electron chi connectivity index (χ2n) is 4.35. The van der Waals surface area contributed by atoms with Crippen molar-refractivity contribution in [3.8, 4) is 0 Å². The molecule has 1 aliphatic rings. The molecule has 0 fully saturated rings. The SMILES string of the molecule is CC1CC(N(C)C)c2ccccc2N1. The smallest absolute Gasteiger partial charge is 0.0390 e. The van der Waals surface area contributed by atoms with Crippen LogP contribution in [0.3, 0.4) is 0 Å². The Labute approximate surface area is 85.9 Å². The first kappa shape index (κ1) is 9.53. The Morgan fingerprint density at radius 3 is 2.71 bits per heavy atom. The third-order valence-corrected chi connectivity index (χ3v) is 2.92. The highest BCUT2D eigenvalue weighted by Crippen LogP contribution is 2.34. The zero-order valence-corrected chi connectivity index (χ0v) is 9.12. The fraction of sp³-hybridized carbons (Fsp3) is 0.500. The molecule has 1 heterocycles. The Bertz CT molecular complexity index is 320. The van der Waals surface area contributed by atoms with E-state index in [1.54, 1.807) is 0 Å². The largest absolute Gasteiger partial charge is 0.382 e. The summed E-state index contributed by atoms with van der Waals surface area (Å²) < 4.78 is 0. The maximum absolute atomic E-state index is 3.52. The molecule has 1 N–H and O–H groups in total. The minimum atomic E-state index is 0.558. The summed E-state index contributed by atoms with van der Waals surface area (Å²) in [5.41, 5.74) is 2.72. The molecule has 0 aliphatic carbocycles. The second-order valence-corrected chi connectivity index (χ2v) is 4.35. The first-order chi connectivity index (χ1) is 6.68. The molecule has 2 nitrogen and oxygen atoms in total. The van der Waals surface area contributed by atoms with Gasteiger partial charge in [-0.05, 0) is 39.1 Å². The van der Waals surface area contributed by atoms with Gasteiger partial charge in [0.2, 0.25) is 0 Å². The van der Waals surface area contributed by atoms with Gasteiger partial charge in [-0.3, -0.25) is 0 Å². The van der Waals surface area contributed by atoms with Gasteiger partial charge in [0.05, 0.1) is 0 Å². The highest BCUT2D eigenvalue weighted by molar-refractivity contribution is 5.55. The van der Waals surface area contributed by atoms with E-state index in [-0.39, 0.29) is 0 Å². The van der Waals surface area contributed by atoms with Gasteiger partial charge in [-0.1, -0.05) is 18.2 Å². The molecule has 2 heteroatoms. The normalized spacial score (nSPS) is 25.7. The van der Waals surface area contributed by atoms with E-state index in [4.69, 9.17) is 0 Å². The van der Waals surface area contributed by atoms with Crippen molar-refractivity contribution in [2.75, 3.05) is 19.4 Å². The quantitative estimate of drug-likeness (QED) is 0.732. The summed E-state index contributed by atoms with van der Waals surface area (Å²) >= 11 is 0.